The highest BCUT2D eigenvalue weighted by atomic mass is 32.3. The predicted octanol–water partition coefficient (Wildman–Crippen LogP) is 1.17. The first-order valence-corrected chi connectivity index (χ1v) is 10.8. The molecule has 0 aromatic carbocycles. The normalized spacial score (nSPS) is 16.2. The molecule has 0 N–H and O–H groups in total. The highest BCUT2D eigenvalue weighted by Gasteiger charge is 2.82. The second-order valence-corrected chi connectivity index (χ2v) is 11.8. The van der Waals surface area contributed by atoms with Crippen molar-refractivity contribution >= 4 is 30.2 Å². The van der Waals surface area contributed by atoms with Gasteiger partial charge in [-0.2, -0.15) is 34.8 Å². The molecule has 0 aliphatic carbocycles. The van der Waals surface area contributed by atoms with Gasteiger partial charge in [0.1, 0.15) is 0 Å². The van der Waals surface area contributed by atoms with E-state index in [1.807, 2.05) is 0 Å². The molecular weight excluding hydrogens is 444 g/mol. The molecular formula is C9H15F6NO7S3. The molecule has 0 aromatic heterocycles. The third kappa shape index (κ3) is 4.10. The SMILES string of the molecule is CN(S(=O)(=O)OC(C)(C)C)S(=O)(=O)C(F)(F)C(F)(F)C(F)(F)S(C)(=O)=O. The molecule has 0 bridgehead atoms. The molecule has 0 amide bonds. The van der Waals surface area contributed by atoms with Gasteiger partial charge in [-0.3, -0.25) is 4.18 Å². The van der Waals surface area contributed by atoms with Gasteiger partial charge < -0.3 is 0 Å². The van der Waals surface area contributed by atoms with Gasteiger partial charge in [-0.25, -0.2) is 16.8 Å². The van der Waals surface area contributed by atoms with Crippen molar-refractivity contribution in [2.75, 3.05) is 13.3 Å². The van der Waals surface area contributed by atoms with Crippen LogP contribution in [0.5, 0.6) is 0 Å². The number of nitrogens with zero attached hydrogens (tertiary/aromatic N) is 1. The van der Waals surface area contributed by atoms with Crippen molar-refractivity contribution < 1.29 is 55.8 Å². The van der Waals surface area contributed by atoms with E-state index in [4.69, 9.17) is 0 Å². The molecule has 26 heavy (non-hydrogen) atoms. The van der Waals surface area contributed by atoms with Crippen LogP contribution >= 0.6 is 0 Å². The molecule has 0 saturated heterocycles. The van der Waals surface area contributed by atoms with Crippen LogP contribution in [0.2, 0.25) is 0 Å². The molecule has 17 heteroatoms. The molecule has 0 unspecified atom stereocenters. The Morgan fingerprint density at radius 2 is 1.12 bits per heavy atom. The Labute approximate surface area is 146 Å². The van der Waals surface area contributed by atoms with Gasteiger partial charge in [0.05, 0.1) is 5.60 Å². The minimum Gasteiger partial charge on any atom is -0.251 e. The summed E-state index contributed by atoms with van der Waals surface area (Å²) in [7, 11) is -19.1. The molecule has 0 aliphatic heterocycles. The van der Waals surface area contributed by atoms with E-state index in [0.717, 1.165) is 20.8 Å². The summed E-state index contributed by atoms with van der Waals surface area (Å²) in [4.78, 5) is 0. The summed E-state index contributed by atoms with van der Waals surface area (Å²) in [5.41, 5.74) is -1.71. The van der Waals surface area contributed by atoms with Gasteiger partial charge in [0, 0.05) is 13.3 Å². The van der Waals surface area contributed by atoms with E-state index in [1.54, 1.807) is 0 Å². The van der Waals surface area contributed by atoms with Gasteiger partial charge in [0.25, 0.3) is 0 Å². The Balaban J connectivity index is 6.46. The van der Waals surface area contributed by atoms with Crippen molar-refractivity contribution in [1.82, 2.24) is 3.71 Å². The van der Waals surface area contributed by atoms with Crippen LogP contribution in [0.1, 0.15) is 20.8 Å². The fourth-order valence-corrected chi connectivity index (χ4v) is 4.72. The number of sulfonamides is 1. The van der Waals surface area contributed by atoms with Crippen LogP contribution in [-0.4, -0.2) is 64.3 Å². The number of alkyl halides is 6. The zero-order valence-electron chi connectivity index (χ0n) is 13.8. The molecule has 0 radical (unpaired) electrons. The Morgan fingerprint density at radius 1 is 0.769 bits per heavy atom. The van der Waals surface area contributed by atoms with Gasteiger partial charge in [-0.1, -0.05) is 3.71 Å². The van der Waals surface area contributed by atoms with E-state index in [0.29, 0.717) is 0 Å². The van der Waals surface area contributed by atoms with Crippen LogP contribution in [0.15, 0.2) is 0 Å². The van der Waals surface area contributed by atoms with E-state index >= 15 is 0 Å². The number of halogens is 6. The highest BCUT2D eigenvalue weighted by Crippen LogP contribution is 2.51. The number of rotatable bonds is 7. The molecule has 0 fully saturated rings. The Hall–Kier alpha value is -0.650. The third-order valence-corrected chi connectivity index (χ3v) is 7.78. The smallest absolute Gasteiger partial charge is 0.251 e. The molecule has 8 nitrogen and oxygen atoms in total. The lowest BCUT2D eigenvalue weighted by molar-refractivity contribution is -0.244. The summed E-state index contributed by atoms with van der Waals surface area (Å²) in [6, 6.07) is 0. The Bertz CT molecular complexity index is 858. The van der Waals surface area contributed by atoms with Crippen LogP contribution in [0.3, 0.4) is 0 Å². The summed E-state index contributed by atoms with van der Waals surface area (Å²) < 4.78 is 152. The molecule has 0 rings (SSSR count). The van der Waals surface area contributed by atoms with Crippen LogP contribution in [0.4, 0.5) is 26.3 Å². The molecule has 0 spiro atoms. The second kappa shape index (κ2) is 6.46. The second-order valence-electron chi connectivity index (χ2n) is 5.92. The van der Waals surface area contributed by atoms with Crippen molar-refractivity contribution in [3.63, 3.8) is 0 Å². The van der Waals surface area contributed by atoms with Gasteiger partial charge in [0.15, 0.2) is 0 Å². The maximum Gasteiger partial charge on any atom is 0.429 e. The van der Waals surface area contributed by atoms with Crippen LogP contribution in [-0.2, 0) is 34.3 Å². The minimum atomic E-state index is -7.08. The molecule has 158 valence electrons. The van der Waals surface area contributed by atoms with Crippen LogP contribution in [0, 0.1) is 0 Å². The highest BCUT2D eigenvalue weighted by molar-refractivity contribution is 8.02. The van der Waals surface area contributed by atoms with Crippen molar-refractivity contribution in [1.29, 1.82) is 0 Å². The summed E-state index contributed by atoms with van der Waals surface area (Å²) in [6.45, 7) is 3.07. The standard InChI is InChI=1S/C9H15F6NO7S3/c1-6(2,3)23-26(21,22)16(4)25(19,20)9(14,15)7(10,11)8(12,13)24(5,17)18/h1-5H3. The Kier molecular flexibility index (Phi) is 6.29. The van der Waals surface area contributed by atoms with E-state index < -0.39 is 62.2 Å². The first kappa shape index (κ1) is 25.4. The summed E-state index contributed by atoms with van der Waals surface area (Å²) in [6.07, 6.45) is -0.535. The van der Waals surface area contributed by atoms with E-state index in [9.17, 15) is 51.6 Å². The van der Waals surface area contributed by atoms with E-state index in [-0.39, 0.29) is 7.05 Å². The van der Waals surface area contributed by atoms with E-state index in [1.165, 1.54) is 0 Å². The molecule has 0 aliphatic rings. The zero-order chi connectivity index (χ0) is 21.8. The fraction of sp³-hybridized carbons (Fsp3) is 1.00. The average molecular weight is 459 g/mol. The lowest BCUT2D eigenvalue weighted by atomic mass is 10.2. The molecule has 0 heterocycles. The average Bonchev–Trinajstić information content (AvgIpc) is 2.32. The topological polar surface area (TPSA) is 115 Å². The van der Waals surface area contributed by atoms with Crippen molar-refractivity contribution in [3.8, 4) is 0 Å². The van der Waals surface area contributed by atoms with Gasteiger partial charge in [-0.05, 0) is 20.8 Å². The predicted molar refractivity (Wildman–Crippen MR) is 76.1 cm³/mol. The van der Waals surface area contributed by atoms with Crippen molar-refractivity contribution in [2.45, 2.75) is 42.8 Å². The molecule has 0 atom stereocenters. The largest absolute Gasteiger partial charge is 0.429 e. The van der Waals surface area contributed by atoms with Crippen molar-refractivity contribution in [3.05, 3.63) is 0 Å². The number of sulfone groups is 1. The summed E-state index contributed by atoms with van der Waals surface area (Å²) >= 11 is 0. The fourth-order valence-electron chi connectivity index (χ4n) is 1.21. The van der Waals surface area contributed by atoms with Crippen LogP contribution < -0.4 is 0 Å². The Morgan fingerprint density at radius 3 is 1.38 bits per heavy atom. The number of hydrogen-bond donors (Lipinski definition) is 0. The quantitative estimate of drug-likeness (QED) is 0.525. The summed E-state index contributed by atoms with van der Waals surface area (Å²) in [5.74, 6) is -7.02. The monoisotopic (exact) mass is 459 g/mol. The third-order valence-electron chi connectivity index (χ3n) is 2.53. The van der Waals surface area contributed by atoms with Gasteiger partial charge in [-0.15, -0.1) is 0 Å². The van der Waals surface area contributed by atoms with Gasteiger partial charge in [0.2, 0.25) is 9.84 Å². The van der Waals surface area contributed by atoms with Gasteiger partial charge >= 0.3 is 36.8 Å². The lowest BCUT2D eigenvalue weighted by Gasteiger charge is -2.33. The first-order chi connectivity index (χ1) is 10.9. The maximum absolute atomic E-state index is 13.8. The minimum absolute atomic E-state index is 0.168. The van der Waals surface area contributed by atoms with Crippen LogP contribution in [0.25, 0.3) is 0 Å². The number of hydrogen-bond acceptors (Lipinski definition) is 7. The lowest BCUT2D eigenvalue weighted by Crippen LogP contribution is -2.63. The zero-order valence-corrected chi connectivity index (χ0v) is 16.2. The molecule has 0 saturated carbocycles. The maximum atomic E-state index is 13.8. The van der Waals surface area contributed by atoms with Crippen molar-refractivity contribution in [2.24, 2.45) is 0 Å². The summed E-state index contributed by atoms with van der Waals surface area (Å²) in [5, 5.41) is -13.4. The molecule has 0 aromatic rings. The van der Waals surface area contributed by atoms with E-state index in [2.05, 4.69) is 4.18 Å². The first-order valence-electron chi connectivity index (χ1n) is 6.13.